The van der Waals surface area contributed by atoms with Gasteiger partial charge in [0.15, 0.2) is 0 Å². The Morgan fingerprint density at radius 3 is 2.77 bits per heavy atom. The lowest BCUT2D eigenvalue weighted by Crippen LogP contribution is -1.90. The second kappa shape index (κ2) is 2.69. The van der Waals surface area contributed by atoms with E-state index in [1.54, 1.807) is 13.2 Å². The molecule has 0 saturated heterocycles. The zero-order chi connectivity index (χ0) is 9.42. The molecule has 13 heavy (non-hydrogen) atoms. The molecule has 0 aliphatic rings. The topological polar surface area (TPSA) is 48.4 Å². The van der Waals surface area contributed by atoms with Gasteiger partial charge in [0, 0.05) is 11.5 Å². The number of rotatable bonds is 1. The molecule has 0 saturated carbocycles. The largest absolute Gasteiger partial charge is 0.495 e. The van der Waals surface area contributed by atoms with Crippen LogP contribution in [0, 0.1) is 6.92 Å². The molecule has 3 nitrogen and oxygen atoms in total. The van der Waals surface area contributed by atoms with E-state index in [0.29, 0.717) is 11.4 Å². The third-order valence-corrected chi connectivity index (χ3v) is 1.99. The van der Waals surface area contributed by atoms with Gasteiger partial charge in [0.2, 0.25) is 0 Å². The molecule has 68 valence electrons. The summed E-state index contributed by atoms with van der Waals surface area (Å²) < 4.78 is 10.5. The molecule has 2 N–H and O–H groups in total. The van der Waals surface area contributed by atoms with Gasteiger partial charge in [-0.05, 0) is 19.1 Å². The van der Waals surface area contributed by atoms with Gasteiger partial charge in [-0.2, -0.15) is 0 Å². The minimum absolute atomic E-state index is 0.601. The number of ether oxygens (including phenoxy) is 1. The molecule has 0 fully saturated rings. The van der Waals surface area contributed by atoms with Gasteiger partial charge in [-0.15, -0.1) is 0 Å². The van der Waals surface area contributed by atoms with E-state index < -0.39 is 0 Å². The first-order valence-electron chi connectivity index (χ1n) is 4.04. The average Bonchev–Trinajstić information content (AvgIpc) is 2.42. The summed E-state index contributed by atoms with van der Waals surface area (Å²) in [6.45, 7) is 1.91. The Hall–Kier alpha value is -1.64. The van der Waals surface area contributed by atoms with E-state index in [0.717, 1.165) is 16.7 Å². The summed E-state index contributed by atoms with van der Waals surface area (Å²) in [5, 5.41) is 1.02. The predicted octanol–water partition coefficient (Wildman–Crippen LogP) is 2.33. The Morgan fingerprint density at radius 1 is 1.31 bits per heavy atom. The van der Waals surface area contributed by atoms with Crippen molar-refractivity contribution in [3.8, 4) is 5.75 Å². The van der Waals surface area contributed by atoms with Crippen molar-refractivity contribution >= 4 is 16.7 Å². The lowest BCUT2D eigenvalue weighted by molar-refractivity contribution is 0.417. The van der Waals surface area contributed by atoms with E-state index in [9.17, 15) is 0 Å². The molecule has 0 amide bonds. The summed E-state index contributed by atoms with van der Waals surface area (Å²) in [7, 11) is 1.60. The molecule has 0 spiro atoms. The SMILES string of the molecule is COc1cc2cc(C)oc2cc1N. The highest BCUT2D eigenvalue weighted by Gasteiger charge is 2.05. The number of nitrogen functional groups attached to an aromatic ring is 1. The molecule has 3 heteroatoms. The van der Waals surface area contributed by atoms with E-state index in [-0.39, 0.29) is 0 Å². The zero-order valence-corrected chi connectivity index (χ0v) is 7.63. The number of anilines is 1. The van der Waals surface area contributed by atoms with Crippen LogP contribution in [0.1, 0.15) is 5.76 Å². The number of hydrogen-bond acceptors (Lipinski definition) is 3. The Kier molecular flexibility index (Phi) is 1.65. The third kappa shape index (κ3) is 1.22. The molecule has 2 rings (SSSR count). The summed E-state index contributed by atoms with van der Waals surface area (Å²) in [5.41, 5.74) is 7.12. The van der Waals surface area contributed by atoms with Crippen molar-refractivity contribution in [2.75, 3.05) is 12.8 Å². The van der Waals surface area contributed by atoms with Crippen LogP contribution in [0.3, 0.4) is 0 Å². The number of furan rings is 1. The molecule has 0 unspecified atom stereocenters. The van der Waals surface area contributed by atoms with Crippen LogP contribution in [0.25, 0.3) is 11.0 Å². The van der Waals surface area contributed by atoms with Gasteiger partial charge < -0.3 is 14.9 Å². The minimum Gasteiger partial charge on any atom is -0.495 e. The standard InChI is InChI=1S/C10H11NO2/c1-6-3-7-4-10(12-2)8(11)5-9(7)13-6/h3-5H,11H2,1-2H3. The highest BCUT2D eigenvalue weighted by Crippen LogP contribution is 2.29. The van der Waals surface area contributed by atoms with E-state index in [2.05, 4.69) is 0 Å². The number of benzene rings is 1. The average molecular weight is 177 g/mol. The monoisotopic (exact) mass is 177 g/mol. The van der Waals surface area contributed by atoms with Gasteiger partial charge in [0.1, 0.15) is 17.1 Å². The van der Waals surface area contributed by atoms with Crippen molar-refractivity contribution in [1.82, 2.24) is 0 Å². The van der Waals surface area contributed by atoms with Crippen molar-refractivity contribution < 1.29 is 9.15 Å². The van der Waals surface area contributed by atoms with Gasteiger partial charge in [0.05, 0.1) is 12.8 Å². The smallest absolute Gasteiger partial charge is 0.142 e. The van der Waals surface area contributed by atoms with Crippen LogP contribution in [0.5, 0.6) is 5.75 Å². The van der Waals surface area contributed by atoms with Gasteiger partial charge >= 0.3 is 0 Å². The Balaban J connectivity index is 2.72. The Bertz CT molecular complexity index is 445. The highest BCUT2D eigenvalue weighted by molar-refractivity contribution is 5.84. The van der Waals surface area contributed by atoms with Crippen molar-refractivity contribution in [2.45, 2.75) is 6.92 Å². The maximum absolute atomic E-state index is 5.72. The fraction of sp³-hybridized carbons (Fsp3) is 0.200. The maximum atomic E-state index is 5.72. The first-order chi connectivity index (χ1) is 6.20. The summed E-state index contributed by atoms with van der Waals surface area (Å²) >= 11 is 0. The molecule has 0 radical (unpaired) electrons. The molecule has 0 bridgehead atoms. The van der Waals surface area contributed by atoms with Crippen LogP contribution >= 0.6 is 0 Å². The normalized spacial score (nSPS) is 10.6. The van der Waals surface area contributed by atoms with Crippen molar-refractivity contribution in [1.29, 1.82) is 0 Å². The van der Waals surface area contributed by atoms with Crippen molar-refractivity contribution in [2.24, 2.45) is 0 Å². The third-order valence-electron chi connectivity index (χ3n) is 1.99. The van der Waals surface area contributed by atoms with Crippen LogP contribution in [-0.2, 0) is 0 Å². The molecule has 1 heterocycles. The maximum Gasteiger partial charge on any atom is 0.142 e. The van der Waals surface area contributed by atoms with Crippen LogP contribution in [-0.4, -0.2) is 7.11 Å². The number of aryl methyl sites for hydroxylation is 1. The Labute approximate surface area is 76.1 Å². The van der Waals surface area contributed by atoms with Crippen LogP contribution < -0.4 is 10.5 Å². The van der Waals surface area contributed by atoms with Crippen LogP contribution in [0.15, 0.2) is 22.6 Å². The number of fused-ring (bicyclic) bond motifs is 1. The molecular formula is C10H11NO2. The predicted molar refractivity (Wildman–Crippen MR) is 51.9 cm³/mol. The van der Waals surface area contributed by atoms with Gasteiger partial charge in [-0.3, -0.25) is 0 Å². The molecular weight excluding hydrogens is 166 g/mol. The molecule has 0 atom stereocenters. The fourth-order valence-corrected chi connectivity index (χ4v) is 1.39. The second-order valence-electron chi connectivity index (χ2n) is 2.99. The van der Waals surface area contributed by atoms with Gasteiger partial charge in [-0.25, -0.2) is 0 Å². The molecule has 1 aromatic carbocycles. The van der Waals surface area contributed by atoms with E-state index >= 15 is 0 Å². The van der Waals surface area contributed by atoms with Gasteiger partial charge in [0.25, 0.3) is 0 Å². The molecule has 0 aliphatic heterocycles. The Morgan fingerprint density at radius 2 is 2.08 bits per heavy atom. The minimum atomic E-state index is 0.601. The molecule has 1 aromatic heterocycles. The van der Waals surface area contributed by atoms with E-state index in [4.69, 9.17) is 14.9 Å². The van der Waals surface area contributed by atoms with Crippen molar-refractivity contribution in [3.63, 3.8) is 0 Å². The second-order valence-corrected chi connectivity index (χ2v) is 2.99. The number of nitrogens with two attached hydrogens (primary N) is 1. The van der Waals surface area contributed by atoms with Crippen molar-refractivity contribution in [3.05, 3.63) is 24.0 Å². The zero-order valence-electron chi connectivity index (χ0n) is 7.63. The first kappa shape index (κ1) is 7.98. The van der Waals surface area contributed by atoms with E-state index in [1.807, 2.05) is 19.1 Å². The lowest BCUT2D eigenvalue weighted by Gasteiger charge is -2.02. The quantitative estimate of drug-likeness (QED) is 0.680. The summed E-state index contributed by atoms with van der Waals surface area (Å²) in [6, 6.07) is 5.61. The summed E-state index contributed by atoms with van der Waals surface area (Å²) in [5.74, 6) is 1.57. The van der Waals surface area contributed by atoms with Crippen LogP contribution in [0.2, 0.25) is 0 Å². The highest BCUT2D eigenvalue weighted by atomic mass is 16.5. The molecule has 0 aliphatic carbocycles. The number of hydrogen-bond donors (Lipinski definition) is 1. The summed E-state index contributed by atoms with van der Waals surface area (Å²) in [6.07, 6.45) is 0. The lowest BCUT2D eigenvalue weighted by atomic mass is 10.2. The van der Waals surface area contributed by atoms with E-state index in [1.165, 1.54) is 0 Å². The fourth-order valence-electron chi connectivity index (χ4n) is 1.39. The van der Waals surface area contributed by atoms with Crippen LogP contribution in [0.4, 0.5) is 5.69 Å². The summed E-state index contributed by atoms with van der Waals surface area (Å²) in [4.78, 5) is 0. The van der Waals surface area contributed by atoms with Gasteiger partial charge in [-0.1, -0.05) is 0 Å². The first-order valence-corrected chi connectivity index (χ1v) is 4.04. The molecule has 2 aromatic rings. The number of methoxy groups -OCH3 is 1.